The smallest absolute Gasteiger partial charge is 0.234 e. The van der Waals surface area contributed by atoms with Gasteiger partial charge in [-0.2, -0.15) is 0 Å². The molecule has 0 aliphatic carbocycles. The average Bonchev–Trinajstić information content (AvgIpc) is 3.10. The lowest BCUT2D eigenvalue weighted by molar-refractivity contribution is -0.134. The van der Waals surface area contributed by atoms with Crippen LogP contribution in [0.2, 0.25) is 0 Å². The van der Waals surface area contributed by atoms with Crippen molar-refractivity contribution in [2.45, 2.75) is 18.8 Å². The monoisotopic (exact) mass is 389 g/mol. The predicted molar refractivity (Wildman–Crippen MR) is 105 cm³/mol. The topological polar surface area (TPSA) is 68.5 Å². The predicted octanol–water partition coefficient (Wildman–Crippen LogP) is 5.04. The number of furan rings is 1. The van der Waals surface area contributed by atoms with Crippen LogP contribution >= 0.6 is 0 Å². The number of amides is 2. The maximum absolute atomic E-state index is 13.1. The van der Waals surface area contributed by atoms with E-state index in [1.54, 1.807) is 18.4 Å². The van der Waals surface area contributed by atoms with Gasteiger partial charge in [0.05, 0.1) is 12.2 Å². The van der Waals surface area contributed by atoms with Gasteiger partial charge in [0.1, 0.15) is 22.9 Å². The maximum Gasteiger partial charge on any atom is 0.234 e. The fraction of sp³-hybridized carbons (Fsp3) is 0.130. The molecule has 0 unspecified atom stereocenters. The maximum atomic E-state index is 13.1. The molecule has 1 N–H and O–H groups in total. The molecule has 0 bridgehead atoms. The van der Waals surface area contributed by atoms with E-state index in [-0.39, 0.29) is 17.6 Å². The van der Waals surface area contributed by atoms with Crippen molar-refractivity contribution >= 4 is 33.6 Å². The van der Waals surface area contributed by atoms with E-state index >= 15 is 0 Å². The lowest BCUT2D eigenvalue weighted by Crippen LogP contribution is -2.39. The van der Waals surface area contributed by atoms with Gasteiger partial charge in [-0.1, -0.05) is 6.07 Å². The van der Waals surface area contributed by atoms with Gasteiger partial charge in [0.2, 0.25) is 11.8 Å². The second-order valence-electron chi connectivity index (χ2n) is 7.11. The van der Waals surface area contributed by atoms with Crippen LogP contribution in [0.1, 0.15) is 24.3 Å². The Kier molecular flexibility index (Phi) is 4.05. The lowest BCUT2D eigenvalue weighted by Gasteiger charge is -2.19. The Bertz CT molecular complexity index is 1260. The molecule has 1 fully saturated rings. The number of fused-ring (bicyclic) bond motifs is 2. The summed E-state index contributed by atoms with van der Waals surface area (Å²) in [4.78, 5) is 23.7. The van der Waals surface area contributed by atoms with Crippen molar-refractivity contribution in [2.75, 3.05) is 0 Å². The van der Waals surface area contributed by atoms with Crippen LogP contribution in [0, 0.1) is 5.82 Å². The molecule has 0 radical (unpaired) electrons. The summed E-state index contributed by atoms with van der Waals surface area (Å²) in [6, 6.07) is 15.4. The summed E-state index contributed by atoms with van der Waals surface area (Å²) in [6.45, 7) is 0. The Balaban J connectivity index is 1.53. The Morgan fingerprint density at radius 1 is 0.966 bits per heavy atom. The van der Waals surface area contributed by atoms with E-state index < -0.39 is 5.92 Å². The largest absolute Gasteiger partial charge is 0.464 e. The Hall–Kier alpha value is -3.67. The minimum Gasteiger partial charge on any atom is -0.464 e. The second kappa shape index (κ2) is 6.74. The van der Waals surface area contributed by atoms with Gasteiger partial charge in [0.25, 0.3) is 0 Å². The Morgan fingerprint density at radius 2 is 1.76 bits per heavy atom. The highest BCUT2D eigenvalue weighted by molar-refractivity contribution is 6.04. The molecular formula is C23H16FNO4. The minimum atomic E-state index is -0.412. The van der Waals surface area contributed by atoms with E-state index in [1.165, 1.54) is 12.1 Å². The number of ether oxygens (including phenoxy) is 1. The first-order valence-corrected chi connectivity index (χ1v) is 9.29. The summed E-state index contributed by atoms with van der Waals surface area (Å²) in [5.41, 5.74) is 1.46. The van der Waals surface area contributed by atoms with E-state index in [9.17, 15) is 14.0 Å². The molecule has 1 atom stereocenters. The molecule has 6 heteroatoms. The zero-order valence-corrected chi connectivity index (χ0v) is 15.3. The first-order chi connectivity index (χ1) is 14.1. The number of rotatable bonds is 3. The third-order valence-electron chi connectivity index (χ3n) is 5.20. The lowest BCUT2D eigenvalue weighted by atomic mass is 9.90. The molecule has 3 aromatic carbocycles. The number of hydrogen-bond acceptors (Lipinski definition) is 4. The third kappa shape index (κ3) is 3.23. The number of imide groups is 1. The fourth-order valence-electron chi connectivity index (χ4n) is 3.73. The molecule has 1 aliphatic heterocycles. The molecule has 0 spiro atoms. The van der Waals surface area contributed by atoms with E-state index in [0.717, 1.165) is 21.7 Å². The first kappa shape index (κ1) is 17.4. The fourth-order valence-corrected chi connectivity index (χ4v) is 3.73. The molecular weight excluding hydrogens is 373 g/mol. The van der Waals surface area contributed by atoms with E-state index in [0.29, 0.717) is 29.9 Å². The molecule has 4 aromatic rings. The van der Waals surface area contributed by atoms with Crippen LogP contribution in [-0.2, 0) is 9.59 Å². The van der Waals surface area contributed by atoms with Crippen molar-refractivity contribution in [1.82, 2.24) is 5.32 Å². The minimum absolute atomic E-state index is 0.243. The molecule has 29 heavy (non-hydrogen) atoms. The molecule has 1 aromatic heterocycles. The SMILES string of the molecule is O=C1CC[C@@H](c2coc3cc4ccc(Oc5ccc(F)cc5)cc4cc23)C(=O)N1. The number of hydrogen-bond donors (Lipinski definition) is 1. The van der Waals surface area contributed by atoms with Crippen LogP contribution in [0.5, 0.6) is 11.5 Å². The number of halogens is 1. The van der Waals surface area contributed by atoms with Gasteiger partial charge in [-0.05, 0) is 65.7 Å². The number of carbonyl (C=O) groups is 2. The summed E-state index contributed by atoms with van der Waals surface area (Å²) >= 11 is 0. The molecule has 0 saturated carbocycles. The number of carbonyl (C=O) groups excluding carboxylic acids is 2. The third-order valence-corrected chi connectivity index (χ3v) is 5.20. The molecule has 2 heterocycles. The molecule has 1 saturated heterocycles. The van der Waals surface area contributed by atoms with E-state index in [1.807, 2.05) is 30.3 Å². The Morgan fingerprint density at radius 3 is 2.55 bits per heavy atom. The van der Waals surface area contributed by atoms with Gasteiger partial charge in [0, 0.05) is 17.4 Å². The van der Waals surface area contributed by atoms with Crippen LogP contribution in [0.25, 0.3) is 21.7 Å². The van der Waals surface area contributed by atoms with Gasteiger partial charge in [-0.15, -0.1) is 0 Å². The first-order valence-electron chi connectivity index (χ1n) is 9.29. The highest BCUT2D eigenvalue weighted by atomic mass is 19.1. The van der Waals surface area contributed by atoms with E-state index in [4.69, 9.17) is 9.15 Å². The summed E-state index contributed by atoms with van der Waals surface area (Å²) in [5, 5.41) is 5.12. The molecule has 1 aliphatic rings. The van der Waals surface area contributed by atoms with E-state index in [2.05, 4.69) is 5.32 Å². The van der Waals surface area contributed by atoms with Crippen LogP contribution in [0.15, 0.2) is 65.3 Å². The van der Waals surface area contributed by atoms with Gasteiger partial charge in [-0.25, -0.2) is 4.39 Å². The van der Waals surface area contributed by atoms with Crippen molar-refractivity contribution in [1.29, 1.82) is 0 Å². The number of benzene rings is 3. The van der Waals surface area contributed by atoms with Gasteiger partial charge in [0.15, 0.2) is 0 Å². The standard InChI is InChI=1S/C23H16FNO4/c24-15-2-5-16(6-3-15)29-17-4-1-13-11-21-19(10-14(13)9-17)20(12-28-21)18-7-8-22(26)25-23(18)27/h1-6,9-12,18H,7-8H2,(H,25,26,27)/t18-/m0/s1. The average molecular weight is 389 g/mol. The van der Waals surface area contributed by atoms with Crippen molar-refractivity contribution in [3.05, 3.63) is 72.2 Å². The molecule has 5 nitrogen and oxygen atoms in total. The van der Waals surface area contributed by atoms with Crippen molar-refractivity contribution in [2.24, 2.45) is 0 Å². The normalized spacial score (nSPS) is 16.9. The highest BCUT2D eigenvalue weighted by Gasteiger charge is 2.30. The van der Waals surface area contributed by atoms with Gasteiger partial charge < -0.3 is 9.15 Å². The Labute approximate surface area is 165 Å². The summed E-state index contributed by atoms with van der Waals surface area (Å²) in [5.74, 6) is -0.109. The summed E-state index contributed by atoms with van der Waals surface area (Å²) < 4.78 is 24.6. The highest BCUT2D eigenvalue weighted by Crippen LogP contribution is 2.36. The molecule has 2 amide bonds. The van der Waals surface area contributed by atoms with Crippen LogP contribution in [0.3, 0.4) is 0 Å². The van der Waals surface area contributed by atoms with Crippen LogP contribution in [0.4, 0.5) is 4.39 Å². The van der Waals surface area contributed by atoms with Crippen molar-refractivity contribution in [3.63, 3.8) is 0 Å². The quantitative estimate of drug-likeness (QED) is 0.499. The van der Waals surface area contributed by atoms with Crippen LogP contribution in [-0.4, -0.2) is 11.8 Å². The number of piperidine rings is 1. The molecule has 5 rings (SSSR count). The van der Waals surface area contributed by atoms with Gasteiger partial charge in [-0.3, -0.25) is 14.9 Å². The molecule has 144 valence electrons. The summed E-state index contributed by atoms with van der Waals surface area (Å²) in [7, 11) is 0. The second-order valence-corrected chi connectivity index (χ2v) is 7.11. The number of nitrogens with one attached hydrogen (secondary N) is 1. The zero-order valence-electron chi connectivity index (χ0n) is 15.3. The summed E-state index contributed by atoms with van der Waals surface area (Å²) in [6.07, 6.45) is 2.37. The van der Waals surface area contributed by atoms with Crippen LogP contribution < -0.4 is 10.1 Å². The zero-order chi connectivity index (χ0) is 20.0. The van der Waals surface area contributed by atoms with Crippen molar-refractivity contribution in [3.8, 4) is 11.5 Å². The van der Waals surface area contributed by atoms with Gasteiger partial charge >= 0.3 is 0 Å². The van der Waals surface area contributed by atoms with Crippen molar-refractivity contribution < 1.29 is 23.1 Å².